The van der Waals surface area contributed by atoms with Crippen molar-refractivity contribution in [1.29, 1.82) is 0 Å². The fourth-order valence-corrected chi connectivity index (χ4v) is 12.4. The van der Waals surface area contributed by atoms with Gasteiger partial charge in [0.2, 0.25) is 17.7 Å². The van der Waals surface area contributed by atoms with Crippen LogP contribution in [-0.2, 0) is 81.5 Å². The molecule has 708 valence electrons. The van der Waals surface area contributed by atoms with Gasteiger partial charge in [0.05, 0.1) is 37.9 Å². The average molecular weight is 1810 g/mol. The van der Waals surface area contributed by atoms with Gasteiger partial charge in [-0.05, 0) is 247 Å². The lowest BCUT2D eigenvalue weighted by atomic mass is 10.1. The smallest absolute Gasteiger partial charge is 0.306 e. The third kappa shape index (κ3) is 50.2. The lowest BCUT2D eigenvalue weighted by Crippen LogP contribution is -2.30. The maximum Gasteiger partial charge on any atom is 0.306 e. The van der Waals surface area contributed by atoms with Gasteiger partial charge < -0.3 is 60.2 Å². The molecule has 33 nitrogen and oxygen atoms in total. The van der Waals surface area contributed by atoms with Gasteiger partial charge >= 0.3 is 11.9 Å². The van der Waals surface area contributed by atoms with Crippen LogP contribution in [0.1, 0.15) is 260 Å². The van der Waals surface area contributed by atoms with E-state index in [1.807, 2.05) is 83.1 Å². The van der Waals surface area contributed by atoms with E-state index < -0.39 is 11.6 Å². The zero-order valence-corrected chi connectivity index (χ0v) is 76.3. The highest BCUT2D eigenvalue weighted by Gasteiger charge is 2.25. The predicted molar refractivity (Wildman–Crippen MR) is 488 cm³/mol. The van der Waals surface area contributed by atoms with Crippen LogP contribution in [0.15, 0.2) is 144 Å². The first-order chi connectivity index (χ1) is 62.3. The van der Waals surface area contributed by atoms with Gasteiger partial charge in [0.15, 0.2) is 11.6 Å². The van der Waals surface area contributed by atoms with Crippen LogP contribution in [-0.4, -0.2) is 216 Å². The van der Waals surface area contributed by atoms with Crippen LogP contribution >= 0.6 is 0 Å². The van der Waals surface area contributed by atoms with E-state index >= 15 is 0 Å². The molecule has 9 amide bonds. The van der Waals surface area contributed by atoms with E-state index in [2.05, 4.69) is 26.3 Å². The van der Waals surface area contributed by atoms with Gasteiger partial charge in [-0.2, -0.15) is 0 Å². The van der Waals surface area contributed by atoms with Gasteiger partial charge in [-0.25, -0.2) is 0 Å². The highest BCUT2D eigenvalue weighted by Crippen LogP contribution is 2.20. The van der Waals surface area contributed by atoms with Gasteiger partial charge in [0.1, 0.15) is 59.2 Å². The Balaban J connectivity index is 0.000000378. The Kier molecular flexibility index (Phi) is 54.1. The SMILES string of the molecule is C/C(=N/OCCCC(=O)OC(C)(C)C)c1ccc(OCCCC(=O)NCCCC(=O)CCCCCN2C(=O)C=CC2=O)cc1.C/C(=N/OCCN)c1ccc(OCCCC(=O)NCCCC(=O)CCCCCN2C(=O)C=CC2=O)cc1.CC(=O)c1ccc(OCCCC(=O)NCCCC(=O)CCCCCN2C(=O)C=CC2=O)cc1.CC(=O)c1ccc(OCCCC(=O)O)cc1. The molecule has 3 aliphatic rings. The van der Waals surface area contributed by atoms with Gasteiger partial charge in [-0.1, -0.05) is 29.6 Å². The third-order valence-corrected chi connectivity index (χ3v) is 19.5. The van der Waals surface area contributed by atoms with Gasteiger partial charge in [-0.15, -0.1) is 0 Å². The van der Waals surface area contributed by atoms with Gasteiger partial charge in [-0.3, -0.25) is 91.4 Å². The Bertz CT molecular complexity index is 4400. The highest BCUT2D eigenvalue weighted by atomic mass is 16.6. The van der Waals surface area contributed by atoms with Gasteiger partial charge in [0.25, 0.3) is 35.4 Å². The molecule has 130 heavy (non-hydrogen) atoms. The average Bonchev–Trinajstić information content (AvgIpc) is 1.83. The number of amides is 9. The van der Waals surface area contributed by atoms with Crippen LogP contribution in [0, 0.1) is 0 Å². The predicted octanol–water partition coefficient (Wildman–Crippen LogP) is 12.3. The number of carboxylic acids is 1. The van der Waals surface area contributed by atoms with E-state index in [1.54, 1.807) is 48.5 Å². The lowest BCUT2D eigenvalue weighted by molar-refractivity contribution is -0.155. The number of nitrogens with one attached hydrogen (secondary N) is 3. The molecule has 3 heterocycles. The van der Waals surface area contributed by atoms with Crippen molar-refractivity contribution in [2.75, 3.05) is 85.5 Å². The minimum absolute atomic E-state index is 0.00303. The summed E-state index contributed by atoms with van der Waals surface area (Å²) in [5.74, 6) is 0.276. The largest absolute Gasteiger partial charge is 0.494 e. The Hall–Kier alpha value is -12.7. The summed E-state index contributed by atoms with van der Waals surface area (Å²) < 4.78 is 27.6. The first kappa shape index (κ1) is 110. The van der Waals surface area contributed by atoms with Crippen LogP contribution in [0.25, 0.3) is 0 Å². The Morgan fingerprint density at radius 2 is 0.600 bits per heavy atom. The van der Waals surface area contributed by atoms with Crippen LogP contribution in [0.5, 0.6) is 23.0 Å². The van der Waals surface area contributed by atoms with Crippen molar-refractivity contribution in [3.05, 3.63) is 156 Å². The maximum absolute atomic E-state index is 12.1. The number of rotatable bonds is 62. The van der Waals surface area contributed by atoms with Crippen molar-refractivity contribution in [3.63, 3.8) is 0 Å². The maximum atomic E-state index is 12.1. The number of oxime groups is 2. The molecule has 0 radical (unpaired) electrons. The van der Waals surface area contributed by atoms with E-state index in [0.29, 0.717) is 254 Å². The summed E-state index contributed by atoms with van der Waals surface area (Å²) in [4.78, 5) is 199. The number of nitrogens with two attached hydrogens (primary N) is 1. The fourth-order valence-electron chi connectivity index (χ4n) is 12.4. The zero-order valence-electron chi connectivity index (χ0n) is 76.3. The molecule has 0 aromatic heterocycles. The summed E-state index contributed by atoms with van der Waals surface area (Å²) in [6.07, 6.45) is 22.8. The molecule has 0 saturated heterocycles. The van der Waals surface area contributed by atoms with Crippen molar-refractivity contribution >= 4 is 105 Å². The fraction of sp³-hybridized carbons (Fsp3) is 0.505. The van der Waals surface area contributed by atoms with Crippen LogP contribution in [0.2, 0.25) is 0 Å². The van der Waals surface area contributed by atoms with Crippen molar-refractivity contribution in [3.8, 4) is 23.0 Å². The minimum atomic E-state index is -0.824. The second-order valence-electron chi connectivity index (χ2n) is 31.8. The number of benzene rings is 4. The molecular weight excluding hydrogens is 1680 g/mol. The summed E-state index contributed by atoms with van der Waals surface area (Å²) in [6.45, 7) is 17.5. The molecule has 0 spiro atoms. The number of carbonyl (C=O) groups is 16. The van der Waals surface area contributed by atoms with Crippen molar-refractivity contribution < 1.29 is 115 Å². The number of unbranched alkanes of at least 4 members (excludes halogenated alkanes) is 6. The van der Waals surface area contributed by atoms with E-state index in [1.165, 1.54) is 65.0 Å². The van der Waals surface area contributed by atoms with E-state index in [-0.39, 0.29) is 101 Å². The summed E-state index contributed by atoms with van der Waals surface area (Å²) in [5, 5.41) is 25.0. The third-order valence-electron chi connectivity index (χ3n) is 19.5. The molecule has 33 heteroatoms. The van der Waals surface area contributed by atoms with E-state index in [0.717, 1.165) is 55.4 Å². The molecule has 0 atom stereocenters. The molecule has 7 rings (SSSR count). The number of ether oxygens (including phenoxy) is 5. The molecule has 4 aromatic carbocycles. The van der Waals surface area contributed by atoms with Crippen molar-refractivity contribution in [2.24, 2.45) is 16.0 Å². The zero-order chi connectivity index (χ0) is 95.3. The summed E-state index contributed by atoms with van der Waals surface area (Å²) in [6, 6.07) is 28.6. The summed E-state index contributed by atoms with van der Waals surface area (Å²) >= 11 is 0. The number of imide groups is 3. The molecule has 0 fully saturated rings. The van der Waals surface area contributed by atoms with Gasteiger partial charge in [0, 0.05) is 164 Å². The highest BCUT2D eigenvalue weighted by molar-refractivity contribution is 6.14. The Morgan fingerprint density at radius 1 is 0.331 bits per heavy atom. The normalized spacial score (nSPS) is 12.7. The van der Waals surface area contributed by atoms with Crippen LogP contribution in [0.3, 0.4) is 0 Å². The van der Waals surface area contributed by atoms with Crippen molar-refractivity contribution in [1.82, 2.24) is 30.7 Å². The summed E-state index contributed by atoms with van der Waals surface area (Å²) in [7, 11) is 0. The standard InChI is InChI=1S/C33H47N3O8.C27H38N4O6.C25H32N2O6.C12H14O4/c1-25(35-43-24-10-14-32(41)44-33(2,3)4)26-15-17-28(18-16-26)42-23-9-13-29(38)34-21-8-12-27(37)11-6-5-7-22-36-30(39)19-20-31(36)40;1-21(30-37-20-16-28)22-10-12-24(13-11-22)36-19-6-9-25(33)29-17-5-8-23(32)7-3-2-4-18-31-26(34)14-15-27(31)35;1-19(28)20-10-12-22(13-11-20)33-18-6-9-23(30)26-16-5-8-21(29)7-3-2-4-17-27-24(31)14-15-25(27)32;1-9(13)10-4-6-11(7-5-10)16-8-2-3-12(14)15/h15-20H,5-14,21-24H2,1-4H3,(H,34,38);10-15H,2-9,16-20,28H2,1H3,(H,29,33);10-15H,2-9,16-18H2,1H3,(H,26,30);4-7H,2-3,8H2,1H3,(H,14,15)/b35-25-;30-21-;;. The number of Topliss-reactive ketones (excluding diaryl/α,β-unsaturated/α-hetero) is 5. The molecule has 4 aromatic rings. The Labute approximate surface area is 761 Å². The molecule has 0 aliphatic carbocycles. The number of hydrogen-bond donors (Lipinski definition) is 5. The minimum Gasteiger partial charge on any atom is -0.494 e. The first-order valence-corrected chi connectivity index (χ1v) is 44.7. The van der Waals surface area contributed by atoms with Crippen LogP contribution in [0.4, 0.5) is 0 Å². The van der Waals surface area contributed by atoms with Crippen LogP contribution < -0.4 is 40.6 Å². The number of ketones is 5. The Morgan fingerprint density at radius 3 is 0.877 bits per heavy atom. The molecule has 0 saturated carbocycles. The summed E-state index contributed by atoms with van der Waals surface area (Å²) in [5.41, 5.74) is 9.41. The number of hydrogen-bond acceptors (Lipinski definition) is 26. The van der Waals surface area contributed by atoms with E-state index in [4.69, 9.17) is 44.2 Å². The molecular formula is C97H131N9O24. The number of carbonyl (C=O) groups excluding carboxylic acids is 15. The van der Waals surface area contributed by atoms with Crippen molar-refractivity contribution in [2.45, 2.75) is 234 Å². The number of aliphatic carboxylic acids is 1. The topological polar surface area (TPSA) is 455 Å². The number of nitrogens with zero attached hydrogens (tertiary/aromatic N) is 5. The van der Waals surface area contributed by atoms with E-state index in [9.17, 15) is 76.7 Å². The number of esters is 1. The molecule has 0 bridgehead atoms. The second-order valence-corrected chi connectivity index (χ2v) is 31.8. The quantitative estimate of drug-likeness (QED) is 0.00684. The number of carboxylic acid groups (broad SMARTS) is 1. The monoisotopic (exact) mass is 1810 g/mol. The first-order valence-electron chi connectivity index (χ1n) is 44.7. The lowest BCUT2D eigenvalue weighted by Gasteiger charge is -2.19. The molecule has 3 aliphatic heterocycles. The molecule has 6 N–H and O–H groups in total. The molecule has 0 unspecified atom stereocenters. The second kappa shape index (κ2) is 64.1.